The molecular formula is C18H14F2N4O. The van der Waals surface area contributed by atoms with Gasteiger partial charge in [0, 0.05) is 18.2 Å². The van der Waals surface area contributed by atoms with E-state index in [1.165, 1.54) is 19.2 Å². The molecule has 1 aliphatic rings. The Kier molecular flexibility index (Phi) is 3.45. The van der Waals surface area contributed by atoms with E-state index in [1.807, 2.05) is 0 Å². The minimum Gasteiger partial charge on any atom is -0.294 e. The predicted molar refractivity (Wildman–Crippen MR) is 86.7 cm³/mol. The van der Waals surface area contributed by atoms with Crippen molar-refractivity contribution in [3.05, 3.63) is 58.9 Å². The lowest BCUT2D eigenvalue weighted by atomic mass is 9.94. The van der Waals surface area contributed by atoms with Crippen LogP contribution in [0.3, 0.4) is 0 Å². The minimum atomic E-state index is -0.708. The lowest BCUT2D eigenvalue weighted by molar-refractivity contribution is 0.101. The van der Waals surface area contributed by atoms with Crippen molar-refractivity contribution in [2.24, 2.45) is 0 Å². The topological polar surface area (TPSA) is 60.7 Å². The highest BCUT2D eigenvalue weighted by molar-refractivity contribution is 6.00. The number of Topliss-reactive ketones (excluding diaryl/α,β-unsaturated/α-hetero) is 1. The summed E-state index contributed by atoms with van der Waals surface area (Å²) in [5.41, 5.74) is 1.83. The van der Waals surface area contributed by atoms with Crippen molar-refractivity contribution in [3.8, 4) is 16.8 Å². The van der Waals surface area contributed by atoms with Crippen LogP contribution in [0.2, 0.25) is 0 Å². The first-order valence-electron chi connectivity index (χ1n) is 7.86. The zero-order chi connectivity index (χ0) is 17.7. The van der Waals surface area contributed by atoms with Crippen molar-refractivity contribution in [3.63, 3.8) is 0 Å². The smallest absolute Gasteiger partial charge is 0.163 e. The monoisotopic (exact) mass is 340 g/mol. The summed E-state index contributed by atoms with van der Waals surface area (Å²) in [7, 11) is 0. The third kappa shape index (κ3) is 2.34. The van der Waals surface area contributed by atoms with E-state index in [0.717, 1.165) is 11.8 Å². The molecule has 0 atom stereocenters. The SMILES string of the molecule is CC(=O)c1c(F)cncc1-c1cc(F)c2c(c1)CCc1nnc(C)n1-2. The number of fused-ring (bicyclic) bond motifs is 3. The number of aryl methyl sites for hydroxylation is 3. The summed E-state index contributed by atoms with van der Waals surface area (Å²) in [4.78, 5) is 15.6. The first-order chi connectivity index (χ1) is 12.0. The summed E-state index contributed by atoms with van der Waals surface area (Å²) < 4.78 is 30.7. The van der Waals surface area contributed by atoms with Gasteiger partial charge in [0.15, 0.2) is 11.6 Å². The summed E-state index contributed by atoms with van der Waals surface area (Å²) in [6, 6.07) is 3.08. The molecule has 126 valence electrons. The minimum absolute atomic E-state index is 0.0775. The molecule has 3 heterocycles. The zero-order valence-corrected chi connectivity index (χ0v) is 13.7. The van der Waals surface area contributed by atoms with Crippen molar-refractivity contribution < 1.29 is 13.6 Å². The normalized spacial score (nSPS) is 12.6. The third-order valence-electron chi connectivity index (χ3n) is 4.44. The van der Waals surface area contributed by atoms with Crippen LogP contribution in [0.25, 0.3) is 16.8 Å². The molecule has 0 saturated heterocycles. The van der Waals surface area contributed by atoms with Crippen LogP contribution in [0.5, 0.6) is 0 Å². The van der Waals surface area contributed by atoms with E-state index < -0.39 is 17.4 Å². The fourth-order valence-corrected chi connectivity index (χ4v) is 3.37. The number of hydrogen-bond acceptors (Lipinski definition) is 4. The summed E-state index contributed by atoms with van der Waals surface area (Å²) in [5.74, 6) is -0.270. The van der Waals surface area contributed by atoms with Crippen LogP contribution >= 0.6 is 0 Å². The maximum atomic E-state index is 14.9. The average Bonchev–Trinajstić information content (AvgIpc) is 2.95. The van der Waals surface area contributed by atoms with Crippen molar-refractivity contribution in [1.82, 2.24) is 19.7 Å². The van der Waals surface area contributed by atoms with Crippen LogP contribution in [-0.2, 0) is 12.8 Å². The van der Waals surface area contributed by atoms with Gasteiger partial charge in [-0.15, -0.1) is 10.2 Å². The second kappa shape index (κ2) is 5.54. The van der Waals surface area contributed by atoms with Crippen LogP contribution in [0.4, 0.5) is 8.78 Å². The molecule has 25 heavy (non-hydrogen) atoms. The van der Waals surface area contributed by atoms with Crippen molar-refractivity contribution >= 4 is 5.78 Å². The highest BCUT2D eigenvalue weighted by Crippen LogP contribution is 2.33. The van der Waals surface area contributed by atoms with Gasteiger partial charge in [0.25, 0.3) is 0 Å². The number of carbonyl (C=O) groups is 1. The number of halogens is 2. The van der Waals surface area contributed by atoms with Gasteiger partial charge in [-0.1, -0.05) is 0 Å². The molecule has 0 aliphatic carbocycles. The maximum Gasteiger partial charge on any atom is 0.163 e. The van der Waals surface area contributed by atoms with Gasteiger partial charge >= 0.3 is 0 Å². The Morgan fingerprint density at radius 3 is 2.68 bits per heavy atom. The number of nitrogens with zero attached hydrogens (tertiary/aromatic N) is 4. The second-order valence-electron chi connectivity index (χ2n) is 6.06. The predicted octanol–water partition coefficient (Wildman–Crippen LogP) is 3.22. The first-order valence-corrected chi connectivity index (χ1v) is 7.86. The molecule has 0 saturated carbocycles. The zero-order valence-electron chi connectivity index (χ0n) is 13.7. The Balaban J connectivity index is 1.95. The Hall–Kier alpha value is -2.96. The summed E-state index contributed by atoms with van der Waals surface area (Å²) >= 11 is 0. The van der Waals surface area contributed by atoms with Gasteiger partial charge in [0.1, 0.15) is 17.5 Å². The molecule has 3 aromatic rings. The Morgan fingerprint density at radius 2 is 1.92 bits per heavy atom. The molecule has 0 spiro atoms. The number of benzene rings is 1. The molecule has 1 aliphatic heterocycles. The Morgan fingerprint density at radius 1 is 1.12 bits per heavy atom. The van der Waals surface area contributed by atoms with E-state index in [2.05, 4.69) is 15.2 Å². The summed E-state index contributed by atoms with van der Waals surface area (Å²) in [5, 5.41) is 8.08. The molecule has 7 heteroatoms. The molecule has 1 aromatic carbocycles. The van der Waals surface area contributed by atoms with E-state index in [9.17, 15) is 13.6 Å². The quantitative estimate of drug-likeness (QED) is 0.672. The number of ketones is 1. The standard InChI is InChI=1S/C18H14F2N4O/c1-9(25)17-13(7-21-8-15(17)20)12-5-11-3-4-16-23-22-10(2)24(16)18(11)14(19)6-12/h5-8H,3-4H2,1-2H3. The van der Waals surface area contributed by atoms with Gasteiger partial charge in [0.05, 0.1) is 17.4 Å². The van der Waals surface area contributed by atoms with Gasteiger partial charge in [0.2, 0.25) is 0 Å². The van der Waals surface area contributed by atoms with E-state index in [-0.39, 0.29) is 5.56 Å². The highest BCUT2D eigenvalue weighted by atomic mass is 19.1. The Labute approximate surface area is 142 Å². The van der Waals surface area contributed by atoms with Gasteiger partial charge < -0.3 is 0 Å². The number of hydrogen-bond donors (Lipinski definition) is 0. The van der Waals surface area contributed by atoms with Crippen LogP contribution < -0.4 is 0 Å². The number of rotatable bonds is 2. The van der Waals surface area contributed by atoms with Crippen LogP contribution in [0.1, 0.15) is 34.5 Å². The van der Waals surface area contributed by atoms with E-state index in [1.54, 1.807) is 17.6 Å². The number of carbonyl (C=O) groups excluding carboxylic acids is 1. The molecule has 4 rings (SSSR count). The van der Waals surface area contributed by atoms with Gasteiger partial charge in [-0.25, -0.2) is 8.78 Å². The molecule has 0 fully saturated rings. The van der Waals surface area contributed by atoms with Gasteiger partial charge in [-0.05, 0) is 43.5 Å². The molecule has 0 unspecified atom stereocenters. The second-order valence-corrected chi connectivity index (χ2v) is 6.06. The van der Waals surface area contributed by atoms with Crippen LogP contribution in [0.15, 0.2) is 24.5 Å². The van der Waals surface area contributed by atoms with Crippen LogP contribution in [-0.4, -0.2) is 25.5 Å². The molecule has 5 nitrogen and oxygen atoms in total. The summed E-state index contributed by atoms with van der Waals surface area (Å²) in [6.45, 7) is 3.05. The largest absolute Gasteiger partial charge is 0.294 e. The average molecular weight is 340 g/mol. The molecular weight excluding hydrogens is 326 g/mol. The maximum absolute atomic E-state index is 14.9. The molecule has 0 amide bonds. The van der Waals surface area contributed by atoms with Gasteiger partial charge in [-0.2, -0.15) is 0 Å². The van der Waals surface area contributed by atoms with Crippen molar-refractivity contribution in [2.75, 3.05) is 0 Å². The fourth-order valence-electron chi connectivity index (χ4n) is 3.37. The van der Waals surface area contributed by atoms with Crippen molar-refractivity contribution in [2.45, 2.75) is 26.7 Å². The molecule has 0 radical (unpaired) electrons. The van der Waals surface area contributed by atoms with Crippen molar-refractivity contribution in [1.29, 1.82) is 0 Å². The number of aromatic nitrogens is 4. The molecule has 2 aromatic heterocycles. The summed E-state index contributed by atoms with van der Waals surface area (Å²) in [6.07, 6.45) is 3.61. The van der Waals surface area contributed by atoms with E-state index in [4.69, 9.17) is 0 Å². The molecule has 0 N–H and O–H groups in total. The van der Waals surface area contributed by atoms with E-state index >= 15 is 0 Å². The lowest BCUT2D eigenvalue weighted by Gasteiger charge is -2.21. The van der Waals surface area contributed by atoms with E-state index in [0.29, 0.717) is 41.3 Å². The molecule has 0 bridgehead atoms. The van der Waals surface area contributed by atoms with Gasteiger partial charge in [-0.3, -0.25) is 14.3 Å². The highest BCUT2D eigenvalue weighted by Gasteiger charge is 2.25. The Bertz CT molecular complexity index is 1030. The van der Waals surface area contributed by atoms with Crippen LogP contribution in [0, 0.1) is 18.6 Å². The number of pyridine rings is 1. The lowest BCUT2D eigenvalue weighted by Crippen LogP contribution is -2.15. The first kappa shape index (κ1) is 15.6. The fraction of sp³-hybridized carbons (Fsp3) is 0.222. The third-order valence-corrected chi connectivity index (χ3v) is 4.44.